The van der Waals surface area contributed by atoms with Gasteiger partial charge in [-0.05, 0) is 49.6 Å². The number of carbonyl (C=O) groups is 2. The van der Waals surface area contributed by atoms with Gasteiger partial charge in [0.2, 0.25) is 11.8 Å². The first kappa shape index (κ1) is 19.6. The normalized spacial score (nSPS) is 11.7. The molecule has 0 radical (unpaired) electrons. The van der Waals surface area contributed by atoms with E-state index in [0.717, 1.165) is 22.3 Å². The van der Waals surface area contributed by atoms with Crippen molar-refractivity contribution in [2.45, 2.75) is 39.8 Å². The highest BCUT2D eigenvalue weighted by atomic mass is 19.1. The minimum atomic E-state index is -0.623. The van der Waals surface area contributed by atoms with Gasteiger partial charge in [0, 0.05) is 13.6 Å². The Morgan fingerprint density at radius 1 is 1.12 bits per heavy atom. The largest absolute Gasteiger partial charge is 0.357 e. The molecule has 0 spiro atoms. The van der Waals surface area contributed by atoms with E-state index in [1.54, 1.807) is 26.1 Å². The smallest absolute Gasteiger partial charge is 0.242 e. The lowest BCUT2D eigenvalue weighted by atomic mass is 10.0. The van der Waals surface area contributed by atoms with Crippen LogP contribution in [-0.2, 0) is 22.6 Å². The number of nitrogens with one attached hydrogen (secondary N) is 1. The zero-order valence-electron chi connectivity index (χ0n) is 15.7. The van der Waals surface area contributed by atoms with Gasteiger partial charge in [0.25, 0.3) is 0 Å². The predicted octanol–water partition coefficient (Wildman–Crippen LogP) is 3.15. The van der Waals surface area contributed by atoms with Gasteiger partial charge < -0.3 is 10.2 Å². The topological polar surface area (TPSA) is 49.4 Å². The molecule has 5 heteroatoms. The Balaban J connectivity index is 2.26. The molecule has 2 amide bonds. The number of halogens is 1. The first-order chi connectivity index (χ1) is 12.3. The number of benzene rings is 2. The van der Waals surface area contributed by atoms with Crippen molar-refractivity contribution in [3.8, 4) is 0 Å². The van der Waals surface area contributed by atoms with Gasteiger partial charge in [-0.15, -0.1) is 0 Å². The first-order valence-corrected chi connectivity index (χ1v) is 8.63. The number of aryl methyl sites for hydroxylation is 2. The van der Waals surface area contributed by atoms with Gasteiger partial charge in [-0.1, -0.05) is 35.9 Å². The van der Waals surface area contributed by atoms with E-state index >= 15 is 0 Å². The van der Waals surface area contributed by atoms with Crippen LogP contribution >= 0.6 is 0 Å². The maximum Gasteiger partial charge on any atom is 0.242 e. The van der Waals surface area contributed by atoms with Gasteiger partial charge in [0.05, 0.1) is 6.42 Å². The van der Waals surface area contributed by atoms with Crippen LogP contribution in [0.2, 0.25) is 0 Å². The second-order valence-corrected chi connectivity index (χ2v) is 6.55. The van der Waals surface area contributed by atoms with Crippen molar-refractivity contribution < 1.29 is 14.0 Å². The van der Waals surface area contributed by atoms with E-state index in [0.29, 0.717) is 0 Å². The Morgan fingerprint density at radius 3 is 2.38 bits per heavy atom. The molecule has 0 aliphatic carbocycles. The molecule has 1 unspecified atom stereocenters. The number of nitrogens with zero attached hydrogens (tertiary/aromatic N) is 1. The molecular formula is C21H25FN2O2. The van der Waals surface area contributed by atoms with Gasteiger partial charge in [0.15, 0.2) is 0 Å². The van der Waals surface area contributed by atoms with Crippen molar-refractivity contribution in [1.29, 1.82) is 0 Å². The first-order valence-electron chi connectivity index (χ1n) is 8.63. The lowest BCUT2D eigenvalue weighted by Crippen LogP contribution is -2.47. The SMILES string of the molecule is CNC(=O)C(C)N(Cc1ccc(F)cc1)C(=O)Cc1cc(C)ccc1C. The Labute approximate surface area is 154 Å². The number of rotatable bonds is 6. The molecule has 4 nitrogen and oxygen atoms in total. The third-order valence-electron chi connectivity index (χ3n) is 4.53. The Hall–Kier alpha value is -2.69. The molecule has 0 aliphatic rings. The van der Waals surface area contributed by atoms with E-state index in [1.165, 1.54) is 17.0 Å². The van der Waals surface area contributed by atoms with Crippen molar-refractivity contribution >= 4 is 11.8 Å². The van der Waals surface area contributed by atoms with Crippen LogP contribution < -0.4 is 5.32 Å². The quantitative estimate of drug-likeness (QED) is 0.864. The standard InChI is InChI=1S/C21H25FN2O2/c1-14-5-6-15(2)18(11-14)12-20(25)24(16(3)21(26)23-4)13-17-7-9-19(22)10-8-17/h5-11,16H,12-13H2,1-4H3,(H,23,26). The van der Waals surface area contributed by atoms with Gasteiger partial charge in [-0.3, -0.25) is 9.59 Å². The summed E-state index contributed by atoms with van der Waals surface area (Å²) in [6, 6.07) is 11.3. The van der Waals surface area contributed by atoms with Gasteiger partial charge >= 0.3 is 0 Å². The maximum absolute atomic E-state index is 13.1. The van der Waals surface area contributed by atoms with Gasteiger partial charge in [-0.2, -0.15) is 0 Å². The fourth-order valence-electron chi connectivity index (χ4n) is 2.83. The molecule has 0 heterocycles. The van der Waals surface area contributed by atoms with Crippen LogP contribution in [0.15, 0.2) is 42.5 Å². The van der Waals surface area contributed by atoms with Crippen molar-refractivity contribution in [2.24, 2.45) is 0 Å². The fourth-order valence-corrected chi connectivity index (χ4v) is 2.83. The molecule has 2 aromatic carbocycles. The summed E-state index contributed by atoms with van der Waals surface area (Å²) in [5, 5.41) is 2.59. The van der Waals surface area contributed by atoms with E-state index in [4.69, 9.17) is 0 Å². The van der Waals surface area contributed by atoms with Crippen LogP contribution in [0.25, 0.3) is 0 Å². The van der Waals surface area contributed by atoms with Crippen LogP contribution in [-0.4, -0.2) is 29.8 Å². The highest BCUT2D eigenvalue weighted by Gasteiger charge is 2.25. The number of amides is 2. The minimum Gasteiger partial charge on any atom is -0.357 e. The summed E-state index contributed by atoms with van der Waals surface area (Å²) in [6.45, 7) is 5.90. The maximum atomic E-state index is 13.1. The third kappa shape index (κ3) is 4.91. The average molecular weight is 356 g/mol. The molecule has 2 rings (SSSR count). The zero-order chi connectivity index (χ0) is 19.3. The van der Waals surface area contributed by atoms with E-state index in [2.05, 4.69) is 5.32 Å². The van der Waals surface area contributed by atoms with Crippen molar-refractivity contribution in [3.05, 3.63) is 70.5 Å². The Kier molecular flexibility index (Phi) is 6.50. The minimum absolute atomic E-state index is 0.140. The average Bonchev–Trinajstić information content (AvgIpc) is 2.62. The molecule has 138 valence electrons. The van der Waals surface area contributed by atoms with Crippen LogP contribution in [0, 0.1) is 19.7 Å². The molecule has 0 aliphatic heterocycles. The lowest BCUT2D eigenvalue weighted by molar-refractivity contribution is -0.139. The van der Waals surface area contributed by atoms with Crippen molar-refractivity contribution in [2.75, 3.05) is 7.05 Å². The Morgan fingerprint density at radius 2 is 1.77 bits per heavy atom. The summed E-state index contributed by atoms with van der Waals surface area (Å²) in [7, 11) is 1.55. The number of likely N-dealkylation sites (N-methyl/N-ethyl adjacent to an activating group) is 1. The van der Waals surface area contributed by atoms with E-state index < -0.39 is 6.04 Å². The van der Waals surface area contributed by atoms with E-state index in [-0.39, 0.29) is 30.6 Å². The number of carbonyl (C=O) groups excluding carboxylic acids is 2. The molecule has 26 heavy (non-hydrogen) atoms. The lowest BCUT2D eigenvalue weighted by Gasteiger charge is -2.28. The van der Waals surface area contributed by atoms with Crippen molar-refractivity contribution in [1.82, 2.24) is 10.2 Å². The Bertz CT molecular complexity index is 787. The molecule has 0 aromatic heterocycles. The van der Waals surface area contributed by atoms with Crippen LogP contribution in [0.3, 0.4) is 0 Å². The molecule has 2 aromatic rings. The zero-order valence-corrected chi connectivity index (χ0v) is 15.7. The van der Waals surface area contributed by atoms with E-state index in [1.807, 2.05) is 32.0 Å². The third-order valence-corrected chi connectivity index (χ3v) is 4.53. The van der Waals surface area contributed by atoms with Crippen LogP contribution in [0.5, 0.6) is 0 Å². The summed E-state index contributed by atoms with van der Waals surface area (Å²) in [6.07, 6.45) is 0.218. The molecule has 0 fully saturated rings. The number of hydrogen-bond acceptors (Lipinski definition) is 2. The van der Waals surface area contributed by atoms with Gasteiger partial charge in [-0.25, -0.2) is 4.39 Å². The fraction of sp³-hybridized carbons (Fsp3) is 0.333. The highest BCUT2D eigenvalue weighted by Crippen LogP contribution is 2.16. The van der Waals surface area contributed by atoms with Crippen LogP contribution in [0.1, 0.15) is 29.2 Å². The summed E-state index contributed by atoms with van der Waals surface area (Å²) < 4.78 is 13.1. The van der Waals surface area contributed by atoms with Gasteiger partial charge in [0.1, 0.15) is 11.9 Å². The summed E-state index contributed by atoms with van der Waals surface area (Å²) in [4.78, 5) is 26.6. The number of hydrogen-bond donors (Lipinski definition) is 1. The summed E-state index contributed by atoms with van der Waals surface area (Å²) in [5.74, 6) is -0.707. The highest BCUT2D eigenvalue weighted by molar-refractivity contribution is 5.88. The second-order valence-electron chi connectivity index (χ2n) is 6.55. The molecule has 0 bridgehead atoms. The summed E-state index contributed by atoms with van der Waals surface area (Å²) in [5.41, 5.74) is 3.85. The molecule has 1 atom stereocenters. The summed E-state index contributed by atoms with van der Waals surface area (Å²) >= 11 is 0. The molecule has 0 saturated heterocycles. The molecular weight excluding hydrogens is 331 g/mol. The predicted molar refractivity (Wildman–Crippen MR) is 100 cm³/mol. The monoisotopic (exact) mass is 356 g/mol. The molecule has 1 N–H and O–H groups in total. The molecule has 0 saturated carbocycles. The van der Waals surface area contributed by atoms with Crippen LogP contribution in [0.4, 0.5) is 4.39 Å². The second kappa shape index (κ2) is 8.61. The van der Waals surface area contributed by atoms with Crippen molar-refractivity contribution in [3.63, 3.8) is 0 Å². The van der Waals surface area contributed by atoms with E-state index in [9.17, 15) is 14.0 Å².